The van der Waals surface area contributed by atoms with Crippen molar-refractivity contribution in [2.24, 2.45) is 11.8 Å². The monoisotopic (exact) mass is 284 g/mol. The number of carboxylic acids is 1. The summed E-state index contributed by atoms with van der Waals surface area (Å²) in [4.78, 5) is 26.5. The Hall–Kier alpha value is -1.43. The van der Waals surface area contributed by atoms with Gasteiger partial charge in [0.05, 0.1) is 5.69 Å². The van der Waals surface area contributed by atoms with Gasteiger partial charge in [-0.3, -0.25) is 9.59 Å². The number of carbonyl (C=O) groups excluding carboxylic acids is 1. The van der Waals surface area contributed by atoms with Gasteiger partial charge in [0.15, 0.2) is 5.13 Å². The maximum Gasteiger partial charge on any atom is 0.303 e. The van der Waals surface area contributed by atoms with Gasteiger partial charge in [0, 0.05) is 17.7 Å². The molecule has 0 aliphatic carbocycles. The molecule has 0 bridgehead atoms. The molecule has 0 spiro atoms. The Bertz CT molecular complexity index is 443. The largest absolute Gasteiger partial charge is 0.481 e. The van der Waals surface area contributed by atoms with Crippen LogP contribution in [0.4, 0.5) is 5.13 Å². The number of aliphatic carboxylic acids is 1. The van der Waals surface area contributed by atoms with Crippen LogP contribution in [0, 0.1) is 11.8 Å². The van der Waals surface area contributed by atoms with Gasteiger partial charge < -0.3 is 10.4 Å². The molecule has 0 aromatic carbocycles. The highest BCUT2D eigenvalue weighted by atomic mass is 32.1. The molecule has 5 nitrogen and oxygen atoms in total. The zero-order valence-electron chi connectivity index (χ0n) is 11.5. The van der Waals surface area contributed by atoms with Crippen molar-refractivity contribution in [3.63, 3.8) is 0 Å². The molecule has 0 aliphatic rings. The summed E-state index contributed by atoms with van der Waals surface area (Å²) in [6, 6.07) is 0. The summed E-state index contributed by atoms with van der Waals surface area (Å²) in [6.07, 6.45) is 1.33. The predicted octanol–water partition coefficient (Wildman–Crippen LogP) is 2.78. The number of thiazole rings is 1. The van der Waals surface area contributed by atoms with Crippen LogP contribution in [0.3, 0.4) is 0 Å². The molecule has 1 amide bonds. The van der Waals surface area contributed by atoms with E-state index in [-0.39, 0.29) is 24.2 Å². The molecule has 1 atom stereocenters. The van der Waals surface area contributed by atoms with Gasteiger partial charge in [0.2, 0.25) is 5.91 Å². The number of rotatable bonds is 7. The standard InChI is InChI=1S/C13H20N2O3S/c1-8(2)9(3)12(18)15-13-14-10(7-19-13)5-4-6-11(16)17/h7-9H,4-6H2,1-3H3,(H,16,17)(H,14,15,18). The molecule has 1 aromatic rings. The molecule has 106 valence electrons. The summed E-state index contributed by atoms with van der Waals surface area (Å²) >= 11 is 1.38. The van der Waals surface area contributed by atoms with Crippen molar-refractivity contribution < 1.29 is 14.7 Å². The number of hydrogen-bond acceptors (Lipinski definition) is 4. The van der Waals surface area contributed by atoms with Crippen LogP contribution >= 0.6 is 11.3 Å². The molecule has 19 heavy (non-hydrogen) atoms. The minimum atomic E-state index is -0.797. The zero-order chi connectivity index (χ0) is 14.4. The third-order valence-electron chi connectivity index (χ3n) is 3.02. The molecule has 1 heterocycles. The number of nitrogens with zero attached hydrogens (tertiary/aromatic N) is 1. The van der Waals surface area contributed by atoms with Gasteiger partial charge in [-0.05, 0) is 18.8 Å². The lowest BCUT2D eigenvalue weighted by Crippen LogP contribution is -2.24. The third-order valence-corrected chi connectivity index (χ3v) is 3.83. The van der Waals surface area contributed by atoms with Crippen molar-refractivity contribution in [1.82, 2.24) is 4.98 Å². The summed E-state index contributed by atoms with van der Waals surface area (Å²) in [7, 11) is 0. The Labute approximate surface area is 117 Å². The Morgan fingerprint density at radius 3 is 2.68 bits per heavy atom. The van der Waals surface area contributed by atoms with E-state index < -0.39 is 5.97 Å². The van der Waals surface area contributed by atoms with E-state index in [0.717, 1.165) is 5.69 Å². The maximum atomic E-state index is 11.8. The number of hydrogen-bond donors (Lipinski definition) is 2. The second kappa shape index (κ2) is 7.23. The summed E-state index contributed by atoms with van der Waals surface area (Å²) in [5, 5.41) is 13.8. The normalized spacial score (nSPS) is 12.4. The van der Waals surface area contributed by atoms with Crippen molar-refractivity contribution in [3.8, 4) is 0 Å². The highest BCUT2D eigenvalue weighted by molar-refractivity contribution is 7.13. The minimum absolute atomic E-state index is 0.0264. The van der Waals surface area contributed by atoms with Crippen molar-refractivity contribution in [2.45, 2.75) is 40.0 Å². The number of aryl methyl sites for hydroxylation is 1. The first-order chi connectivity index (χ1) is 8.90. The summed E-state index contributed by atoms with van der Waals surface area (Å²) < 4.78 is 0. The summed E-state index contributed by atoms with van der Waals surface area (Å²) in [5.74, 6) is -0.592. The number of nitrogens with one attached hydrogen (secondary N) is 1. The molecule has 0 saturated heterocycles. The minimum Gasteiger partial charge on any atom is -0.481 e. The molecule has 0 aliphatic heterocycles. The van der Waals surface area contributed by atoms with Crippen molar-refractivity contribution in [3.05, 3.63) is 11.1 Å². The fraction of sp³-hybridized carbons (Fsp3) is 0.615. The number of anilines is 1. The SMILES string of the molecule is CC(C)C(C)C(=O)Nc1nc(CCCC(=O)O)cs1. The molecular formula is C13H20N2O3S. The van der Waals surface area contributed by atoms with Gasteiger partial charge in [-0.15, -0.1) is 11.3 Å². The first-order valence-electron chi connectivity index (χ1n) is 6.37. The Morgan fingerprint density at radius 2 is 2.11 bits per heavy atom. The van der Waals surface area contributed by atoms with Crippen LogP contribution in [-0.4, -0.2) is 22.0 Å². The van der Waals surface area contributed by atoms with Crippen molar-refractivity contribution in [1.29, 1.82) is 0 Å². The van der Waals surface area contributed by atoms with Gasteiger partial charge in [0.25, 0.3) is 0 Å². The zero-order valence-corrected chi connectivity index (χ0v) is 12.3. The topological polar surface area (TPSA) is 79.3 Å². The number of carbonyl (C=O) groups is 2. The summed E-state index contributed by atoms with van der Waals surface area (Å²) in [6.45, 7) is 5.90. The average molecular weight is 284 g/mol. The molecule has 1 unspecified atom stereocenters. The van der Waals surface area contributed by atoms with Crippen LogP contribution in [-0.2, 0) is 16.0 Å². The quantitative estimate of drug-likeness (QED) is 0.807. The lowest BCUT2D eigenvalue weighted by Gasteiger charge is -2.13. The Kier molecular flexibility index (Phi) is 5.95. The summed E-state index contributed by atoms with van der Waals surface area (Å²) in [5.41, 5.74) is 0.832. The molecule has 0 radical (unpaired) electrons. The smallest absolute Gasteiger partial charge is 0.303 e. The highest BCUT2D eigenvalue weighted by Crippen LogP contribution is 2.19. The molecule has 0 saturated carbocycles. The second-order valence-corrected chi connectivity index (χ2v) is 5.77. The van der Waals surface area contributed by atoms with Gasteiger partial charge in [-0.1, -0.05) is 20.8 Å². The van der Waals surface area contributed by atoms with E-state index in [4.69, 9.17) is 5.11 Å². The van der Waals surface area contributed by atoms with Crippen molar-refractivity contribution >= 4 is 28.3 Å². The van der Waals surface area contributed by atoms with Crippen LogP contribution in [0.5, 0.6) is 0 Å². The predicted molar refractivity (Wildman–Crippen MR) is 75.3 cm³/mol. The van der Waals surface area contributed by atoms with Gasteiger partial charge in [-0.25, -0.2) is 4.98 Å². The average Bonchev–Trinajstić information content (AvgIpc) is 2.75. The van der Waals surface area contributed by atoms with Gasteiger partial charge in [-0.2, -0.15) is 0 Å². The molecule has 6 heteroatoms. The third kappa shape index (κ3) is 5.38. The molecular weight excluding hydrogens is 264 g/mol. The lowest BCUT2D eigenvalue weighted by molar-refractivity contribution is -0.137. The van der Waals surface area contributed by atoms with Gasteiger partial charge >= 0.3 is 5.97 Å². The fourth-order valence-corrected chi connectivity index (χ4v) is 2.17. The van der Waals surface area contributed by atoms with E-state index in [1.165, 1.54) is 11.3 Å². The van der Waals surface area contributed by atoms with Crippen LogP contribution < -0.4 is 5.32 Å². The Balaban J connectivity index is 2.46. The van der Waals surface area contributed by atoms with Crippen LogP contribution in [0.1, 0.15) is 39.3 Å². The van der Waals surface area contributed by atoms with Gasteiger partial charge in [0.1, 0.15) is 0 Å². The first kappa shape index (κ1) is 15.6. The van der Waals surface area contributed by atoms with Crippen LogP contribution in [0.15, 0.2) is 5.38 Å². The van der Waals surface area contributed by atoms with Crippen LogP contribution in [0.25, 0.3) is 0 Å². The first-order valence-corrected chi connectivity index (χ1v) is 7.25. The van der Waals surface area contributed by atoms with E-state index >= 15 is 0 Å². The van der Waals surface area contributed by atoms with E-state index in [1.807, 2.05) is 26.2 Å². The fourth-order valence-electron chi connectivity index (χ4n) is 1.42. The number of carboxylic acid groups (broad SMARTS) is 1. The molecule has 1 aromatic heterocycles. The van der Waals surface area contributed by atoms with Crippen LogP contribution in [0.2, 0.25) is 0 Å². The maximum absolute atomic E-state index is 11.8. The lowest BCUT2D eigenvalue weighted by atomic mass is 9.97. The van der Waals surface area contributed by atoms with E-state index in [1.54, 1.807) is 0 Å². The number of aromatic nitrogens is 1. The highest BCUT2D eigenvalue weighted by Gasteiger charge is 2.17. The Morgan fingerprint density at radius 1 is 1.42 bits per heavy atom. The van der Waals surface area contributed by atoms with Crippen molar-refractivity contribution in [2.75, 3.05) is 5.32 Å². The van der Waals surface area contributed by atoms with E-state index in [9.17, 15) is 9.59 Å². The number of amides is 1. The second-order valence-electron chi connectivity index (χ2n) is 4.91. The molecule has 1 rings (SSSR count). The van der Waals surface area contributed by atoms with E-state index in [2.05, 4.69) is 10.3 Å². The van der Waals surface area contributed by atoms with E-state index in [0.29, 0.717) is 18.0 Å². The molecule has 2 N–H and O–H groups in total. The molecule has 0 fully saturated rings.